The van der Waals surface area contributed by atoms with Gasteiger partial charge >= 0.3 is 0 Å². The predicted molar refractivity (Wildman–Crippen MR) is 33.3 cm³/mol. The van der Waals surface area contributed by atoms with E-state index in [9.17, 15) is 0 Å². The molecule has 0 fully saturated rings. The summed E-state index contributed by atoms with van der Waals surface area (Å²) in [6, 6.07) is 0. The van der Waals surface area contributed by atoms with Crippen LogP contribution >= 0.6 is 8.19 Å². The van der Waals surface area contributed by atoms with Gasteiger partial charge in [-0.2, -0.15) is 0 Å². The van der Waals surface area contributed by atoms with Crippen LogP contribution in [0, 0.1) is 0 Å². The summed E-state index contributed by atoms with van der Waals surface area (Å²) in [6.45, 7) is 0. The lowest BCUT2D eigenvalue weighted by Crippen LogP contribution is -1.82. The van der Waals surface area contributed by atoms with E-state index in [2.05, 4.69) is 10.3 Å². The van der Waals surface area contributed by atoms with Crippen LogP contribution in [0.1, 0.15) is 0 Å². The van der Waals surface area contributed by atoms with E-state index in [-0.39, 0.29) is 0 Å². The Bertz CT molecular complexity index is 124. The van der Waals surface area contributed by atoms with Gasteiger partial charge in [-0.15, -0.1) is 0 Å². The van der Waals surface area contributed by atoms with Crippen LogP contribution in [0.5, 0.6) is 0 Å². The lowest BCUT2D eigenvalue weighted by Gasteiger charge is -1.85. The van der Waals surface area contributed by atoms with E-state index in [0.717, 1.165) is 13.7 Å². The highest BCUT2D eigenvalue weighted by molar-refractivity contribution is 7.33. The van der Waals surface area contributed by atoms with E-state index in [0.29, 0.717) is 0 Å². The van der Waals surface area contributed by atoms with Crippen LogP contribution in [0.3, 0.4) is 0 Å². The molecule has 0 saturated heterocycles. The molecule has 0 spiro atoms. The van der Waals surface area contributed by atoms with E-state index in [1.807, 2.05) is 19.0 Å². The molecule has 0 aromatic carbocycles. The summed E-state index contributed by atoms with van der Waals surface area (Å²) in [5, 5.41) is 2.96. The average molecular weight is 114 g/mol. The van der Waals surface area contributed by atoms with Crippen molar-refractivity contribution < 1.29 is 0 Å². The molecule has 1 N–H and O–H groups in total. The Labute approximate surface area is 44.1 Å². The number of aromatic nitrogens is 1. The molecule has 1 atom stereocenters. The van der Waals surface area contributed by atoms with Crippen molar-refractivity contribution in [2.24, 2.45) is 0 Å². The second-order valence-corrected chi connectivity index (χ2v) is 2.28. The van der Waals surface area contributed by atoms with Crippen molar-refractivity contribution in [1.82, 2.24) is 4.98 Å². The van der Waals surface area contributed by atoms with Gasteiger partial charge in [-0.1, -0.05) is 8.19 Å². The fraction of sp³-hybridized carbons (Fsp3) is 0.250. The lowest BCUT2D eigenvalue weighted by molar-refractivity contribution is 1.37. The molecule has 0 amide bonds. The van der Waals surface area contributed by atoms with Crippen LogP contribution in [-0.2, 0) is 0 Å². The van der Waals surface area contributed by atoms with Crippen molar-refractivity contribution in [3.05, 3.63) is 12.0 Å². The topological polar surface area (TPSA) is 24.9 Å². The Morgan fingerprint density at radius 2 is 2.71 bits per heavy atom. The predicted octanol–water partition coefficient (Wildman–Crippen LogP) is 1.15. The van der Waals surface area contributed by atoms with Crippen molar-refractivity contribution in [3.8, 4) is 0 Å². The summed E-state index contributed by atoms with van der Waals surface area (Å²) in [6.07, 6.45) is 1.82. The van der Waals surface area contributed by atoms with Gasteiger partial charge in [-0.05, 0) is 5.80 Å². The smallest absolute Gasteiger partial charge is 0.141 e. The first kappa shape index (κ1) is 4.66. The highest BCUT2D eigenvalue weighted by Crippen LogP contribution is 2.14. The molecule has 0 bridgehead atoms. The molecular formula is C4H7N2P. The minimum absolute atomic E-state index is 0.758. The molecule has 1 unspecified atom stereocenters. The van der Waals surface area contributed by atoms with Crippen molar-refractivity contribution in [1.29, 1.82) is 0 Å². The number of anilines is 1. The number of hydrogen-bond donors (Lipinski definition) is 1. The van der Waals surface area contributed by atoms with E-state index < -0.39 is 0 Å². The lowest BCUT2D eigenvalue weighted by atomic mass is 11.0. The number of rotatable bonds is 1. The van der Waals surface area contributed by atoms with E-state index in [1.54, 1.807) is 0 Å². The van der Waals surface area contributed by atoms with Crippen LogP contribution in [0.15, 0.2) is 12.0 Å². The number of hydrogen-bond acceptors (Lipinski definition) is 2. The fourth-order valence-electron chi connectivity index (χ4n) is 0.402. The maximum absolute atomic E-state index is 3.99. The second kappa shape index (κ2) is 1.99. The molecule has 1 aromatic heterocycles. The molecule has 0 aliphatic carbocycles. The van der Waals surface area contributed by atoms with Crippen LogP contribution in [-0.4, -0.2) is 12.0 Å². The monoisotopic (exact) mass is 114 g/mol. The first-order chi connectivity index (χ1) is 3.43. The minimum atomic E-state index is 0.758. The Kier molecular flexibility index (Phi) is 1.32. The van der Waals surface area contributed by atoms with Gasteiger partial charge in [-0.25, -0.2) is 4.98 Å². The summed E-state index contributed by atoms with van der Waals surface area (Å²) >= 11 is 0. The van der Waals surface area contributed by atoms with Gasteiger partial charge in [0.05, 0.1) is 0 Å². The standard InChI is InChI=1S/C4H7N2P/c1-5-4-6-2-3-7-4/h2-3,7H,1H3,(H,5,6). The maximum atomic E-state index is 3.99. The third-order valence-electron chi connectivity index (χ3n) is 0.735. The normalized spacial score (nSPS) is 9.86. The van der Waals surface area contributed by atoms with Gasteiger partial charge < -0.3 is 5.32 Å². The SMILES string of the molecule is CNc1ncc[pH]1. The quantitative estimate of drug-likeness (QED) is 0.592. The van der Waals surface area contributed by atoms with Crippen LogP contribution < -0.4 is 5.32 Å². The average Bonchev–Trinajstić information content (AvgIpc) is 2.14. The van der Waals surface area contributed by atoms with Gasteiger partial charge in [0.15, 0.2) is 0 Å². The summed E-state index contributed by atoms with van der Waals surface area (Å²) in [4.78, 5) is 3.99. The van der Waals surface area contributed by atoms with Crippen LogP contribution in [0.2, 0.25) is 0 Å². The zero-order chi connectivity index (χ0) is 5.11. The van der Waals surface area contributed by atoms with Gasteiger partial charge in [0.1, 0.15) is 5.55 Å². The van der Waals surface area contributed by atoms with Crippen molar-refractivity contribution in [3.63, 3.8) is 0 Å². The summed E-state index contributed by atoms with van der Waals surface area (Å²) in [5.74, 6) is 2.05. The molecule has 7 heavy (non-hydrogen) atoms. The minimum Gasteiger partial charge on any atom is -0.370 e. The Hall–Kier alpha value is -0.490. The van der Waals surface area contributed by atoms with Crippen molar-refractivity contribution in [2.75, 3.05) is 12.4 Å². The fourth-order valence-corrected chi connectivity index (χ4v) is 1.00. The van der Waals surface area contributed by atoms with E-state index >= 15 is 0 Å². The molecule has 3 heteroatoms. The molecule has 0 aliphatic heterocycles. The van der Waals surface area contributed by atoms with Crippen LogP contribution in [0.4, 0.5) is 5.55 Å². The Morgan fingerprint density at radius 3 is 3.00 bits per heavy atom. The first-order valence-electron chi connectivity index (χ1n) is 2.10. The van der Waals surface area contributed by atoms with E-state index in [1.165, 1.54) is 0 Å². The molecule has 0 radical (unpaired) electrons. The summed E-state index contributed by atoms with van der Waals surface area (Å²) in [7, 11) is 2.65. The Morgan fingerprint density at radius 1 is 1.86 bits per heavy atom. The number of nitrogens with one attached hydrogen (secondary N) is 1. The number of nitrogens with zero attached hydrogens (tertiary/aromatic N) is 1. The Balaban J connectivity index is 2.76. The van der Waals surface area contributed by atoms with Gasteiger partial charge in [0.25, 0.3) is 0 Å². The second-order valence-electron chi connectivity index (χ2n) is 1.19. The summed E-state index contributed by atoms with van der Waals surface area (Å²) < 4.78 is 0. The molecule has 1 heterocycles. The van der Waals surface area contributed by atoms with Gasteiger partial charge in [0, 0.05) is 13.2 Å². The molecule has 0 aliphatic rings. The molecule has 2 nitrogen and oxygen atoms in total. The third kappa shape index (κ3) is 0.937. The highest BCUT2D eigenvalue weighted by Gasteiger charge is 1.80. The maximum Gasteiger partial charge on any atom is 0.141 e. The van der Waals surface area contributed by atoms with Crippen molar-refractivity contribution in [2.45, 2.75) is 0 Å². The zero-order valence-corrected chi connectivity index (χ0v) is 5.10. The third-order valence-corrected chi connectivity index (χ3v) is 1.70. The largest absolute Gasteiger partial charge is 0.370 e. The molecule has 38 valence electrons. The van der Waals surface area contributed by atoms with Crippen molar-refractivity contribution >= 4 is 13.7 Å². The molecule has 1 rings (SSSR count). The zero-order valence-electron chi connectivity index (χ0n) is 4.10. The van der Waals surface area contributed by atoms with Gasteiger partial charge in [-0.3, -0.25) is 0 Å². The van der Waals surface area contributed by atoms with Gasteiger partial charge in [0.2, 0.25) is 0 Å². The van der Waals surface area contributed by atoms with E-state index in [4.69, 9.17) is 0 Å². The molecular weight excluding hydrogens is 107 g/mol. The molecule has 0 saturated carbocycles. The highest BCUT2D eigenvalue weighted by atomic mass is 31.0. The van der Waals surface area contributed by atoms with Crippen LogP contribution in [0.25, 0.3) is 0 Å². The molecule has 1 aromatic rings. The first-order valence-corrected chi connectivity index (χ1v) is 3.18. The summed E-state index contributed by atoms with van der Waals surface area (Å²) in [5.41, 5.74) is 1.08.